The minimum absolute atomic E-state index is 0.0193. The van der Waals surface area contributed by atoms with Gasteiger partial charge in [-0.2, -0.15) is 23.4 Å². The van der Waals surface area contributed by atoms with Gasteiger partial charge in [0, 0.05) is 18.8 Å². The summed E-state index contributed by atoms with van der Waals surface area (Å²) in [4.78, 5) is 35.0. The maximum absolute atomic E-state index is 13.1. The number of alkyl halides is 3. The van der Waals surface area contributed by atoms with Crippen LogP contribution in [0.3, 0.4) is 0 Å². The Hall–Kier alpha value is -3.45. The van der Waals surface area contributed by atoms with E-state index in [1.54, 1.807) is 6.92 Å². The Morgan fingerprint density at radius 2 is 1.94 bits per heavy atom. The van der Waals surface area contributed by atoms with Gasteiger partial charge in [-0.1, -0.05) is 12.8 Å². The highest BCUT2D eigenvalue weighted by Crippen LogP contribution is 2.36. The lowest BCUT2D eigenvalue weighted by Gasteiger charge is -2.11. The van der Waals surface area contributed by atoms with Crippen molar-refractivity contribution in [3.05, 3.63) is 33.4 Å². The molecule has 14 heteroatoms. The Kier molecular flexibility index (Phi) is 6.50. The molecule has 2 aromatic rings. The van der Waals surface area contributed by atoms with Gasteiger partial charge in [0.05, 0.1) is 10.6 Å². The summed E-state index contributed by atoms with van der Waals surface area (Å²) in [5.41, 5.74) is -3.24. The zero-order chi connectivity index (χ0) is 23.6. The number of anilines is 1. The first-order valence-electron chi connectivity index (χ1n) is 9.98. The Morgan fingerprint density at radius 1 is 1.28 bits per heavy atom. The normalized spacial score (nSPS) is 14.5. The van der Waals surface area contributed by atoms with Crippen LogP contribution in [-0.4, -0.2) is 42.3 Å². The van der Waals surface area contributed by atoms with Crippen LogP contribution in [0, 0.1) is 17.0 Å². The highest BCUT2D eigenvalue weighted by Gasteiger charge is 2.44. The molecular formula is C18H22F3N7O4. The quantitative estimate of drug-likeness (QED) is 0.484. The fourth-order valence-electron chi connectivity index (χ4n) is 3.59. The lowest BCUT2D eigenvalue weighted by molar-refractivity contribution is -0.388. The molecule has 1 aliphatic rings. The largest absolute Gasteiger partial charge is 0.442 e. The van der Waals surface area contributed by atoms with Crippen molar-refractivity contribution in [3.63, 3.8) is 0 Å². The summed E-state index contributed by atoms with van der Waals surface area (Å²) in [6.45, 7) is 2.55. The topological polar surface area (TPSA) is 137 Å². The number of nitro groups is 1. The molecule has 0 saturated heterocycles. The molecule has 1 aliphatic carbocycles. The molecule has 0 unspecified atom stereocenters. The summed E-state index contributed by atoms with van der Waals surface area (Å²) in [5.74, 6) is -1.28. The summed E-state index contributed by atoms with van der Waals surface area (Å²) in [5, 5.41) is 23.8. The summed E-state index contributed by atoms with van der Waals surface area (Å²) in [7, 11) is 0. The molecule has 32 heavy (non-hydrogen) atoms. The maximum atomic E-state index is 13.1. The van der Waals surface area contributed by atoms with Gasteiger partial charge in [-0.25, -0.2) is 0 Å². The van der Waals surface area contributed by atoms with Crippen molar-refractivity contribution in [2.45, 2.75) is 64.8 Å². The maximum Gasteiger partial charge on any atom is 0.442 e. The van der Waals surface area contributed by atoms with Gasteiger partial charge in [-0.15, -0.1) is 0 Å². The van der Waals surface area contributed by atoms with Crippen LogP contribution in [0.4, 0.5) is 24.5 Å². The molecule has 0 aliphatic heterocycles. The minimum Gasteiger partial charge on any atom is -0.348 e. The molecule has 3 rings (SSSR count). The minimum atomic E-state index is -5.05. The number of hydrogen-bond donors (Lipinski definition) is 2. The van der Waals surface area contributed by atoms with Gasteiger partial charge in [0.1, 0.15) is 12.2 Å². The lowest BCUT2D eigenvalue weighted by atomic mass is 10.2. The molecule has 0 radical (unpaired) electrons. The Labute approximate surface area is 180 Å². The third kappa shape index (κ3) is 4.89. The van der Waals surface area contributed by atoms with Crippen molar-refractivity contribution in [3.8, 4) is 0 Å². The van der Waals surface area contributed by atoms with Crippen LogP contribution < -0.4 is 10.6 Å². The van der Waals surface area contributed by atoms with E-state index in [4.69, 9.17) is 0 Å². The molecule has 1 fully saturated rings. The number of halogens is 3. The summed E-state index contributed by atoms with van der Waals surface area (Å²) < 4.78 is 41.3. The van der Waals surface area contributed by atoms with E-state index in [0.29, 0.717) is 11.2 Å². The number of nitrogens with zero attached hydrogens (tertiary/aromatic N) is 5. The molecule has 0 aromatic carbocycles. The average molecular weight is 457 g/mol. The van der Waals surface area contributed by atoms with Crippen LogP contribution >= 0.6 is 0 Å². The Bertz CT molecular complexity index is 1040. The number of rotatable bonds is 7. The van der Waals surface area contributed by atoms with E-state index >= 15 is 0 Å². The monoisotopic (exact) mass is 457 g/mol. The van der Waals surface area contributed by atoms with E-state index in [1.165, 1.54) is 10.9 Å². The van der Waals surface area contributed by atoms with Crippen LogP contribution in [0.25, 0.3) is 0 Å². The predicted octanol–water partition coefficient (Wildman–Crippen LogP) is 2.65. The highest BCUT2D eigenvalue weighted by molar-refractivity contribution is 6.02. The SMILES string of the molecule is CCn1cc(NC(=O)Cn2nc(C(F)(F)F)c([N+](=O)[O-])c2C)c(C(=O)NC2CCCC2)n1. The smallest absolute Gasteiger partial charge is 0.348 e. The first-order chi connectivity index (χ1) is 15.0. The summed E-state index contributed by atoms with van der Waals surface area (Å²) in [6.07, 6.45) is 0.0890. The second-order valence-corrected chi connectivity index (χ2v) is 7.45. The number of aryl methyl sites for hydroxylation is 1. The first-order valence-corrected chi connectivity index (χ1v) is 9.98. The molecule has 0 bridgehead atoms. The zero-order valence-corrected chi connectivity index (χ0v) is 17.4. The van der Waals surface area contributed by atoms with Gasteiger partial charge in [0.15, 0.2) is 5.69 Å². The third-order valence-corrected chi connectivity index (χ3v) is 5.18. The number of carbonyl (C=O) groups excluding carboxylic acids is 2. The molecular weight excluding hydrogens is 435 g/mol. The van der Waals surface area contributed by atoms with Gasteiger partial charge in [0.2, 0.25) is 11.6 Å². The van der Waals surface area contributed by atoms with Crippen molar-refractivity contribution >= 4 is 23.2 Å². The average Bonchev–Trinajstić information content (AvgIpc) is 3.41. The number of carbonyl (C=O) groups is 2. The summed E-state index contributed by atoms with van der Waals surface area (Å²) >= 11 is 0. The third-order valence-electron chi connectivity index (χ3n) is 5.18. The lowest BCUT2D eigenvalue weighted by Crippen LogP contribution is -2.33. The zero-order valence-electron chi connectivity index (χ0n) is 17.4. The number of aromatic nitrogens is 4. The number of hydrogen-bond acceptors (Lipinski definition) is 6. The highest BCUT2D eigenvalue weighted by atomic mass is 19.4. The van der Waals surface area contributed by atoms with Crippen molar-refractivity contribution in [1.82, 2.24) is 24.9 Å². The molecule has 2 heterocycles. The predicted molar refractivity (Wildman–Crippen MR) is 105 cm³/mol. The summed E-state index contributed by atoms with van der Waals surface area (Å²) in [6, 6.07) is 0.0193. The van der Waals surface area contributed by atoms with Gasteiger partial charge >= 0.3 is 11.9 Å². The fourth-order valence-corrected chi connectivity index (χ4v) is 3.59. The van der Waals surface area contributed by atoms with Crippen LogP contribution in [0.15, 0.2) is 6.20 Å². The fraction of sp³-hybridized carbons (Fsp3) is 0.556. The second kappa shape index (κ2) is 8.96. The van der Waals surface area contributed by atoms with E-state index < -0.39 is 46.5 Å². The molecule has 2 aromatic heterocycles. The first kappa shape index (κ1) is 23.2. The van der Waals surface area contributed by atoms with E-state index in [2.05, 4.69) is 20.8 Å². The van der Waals surface area contributed by atoms with E-state index in [0.717, 1.165) is 32.6 Å². The van der Waals surface area contributed by atoms with Crippen molar-refractivity contribution in [2.24, 2.45) is 0 Å². The molecule has 11 nitrogen and oxygen atoms in total. The van der Waals surface area contributed by atoms with Crippen molar-refractivity contribution in [2.75, 3.05) is 5.32 Å². The van der Waals surface area contributed by atoms with E-state index in [1.807, 2.05) is 0 Å². The number of amides is 2. The molecule has 2 N–H and O–H groups in total. The van der Waals surface area contributed by atoms with Crippen LogP contribution in [-0.2, 0) is 24.1 Å². The van der Waals surface area contributed by atoms with Crippen LogP contribution in [0.2, 0.25) is 0 Å². The van der Waals surface area contributed by atoms with Gasteiger partial charge in [0.25, 0.3) is 5.91 Å². The second-order valence-electron chi connectivity index (χ2n) is 7.45. The Balaban J connectivity index is 1.80. The Morgan fingerprint density at radius 3 is 2.47 bits per heavy atom. The number of nitrogens with one attached hydrogen (secondary N) is 2. The van der Waals surface area contributed by atoms with Crippen LogP contribution in [0.5, 0.6) is 0 Å². The molecule has 1 saturated carbocycles. The van der Waals surface area contributed by atoms with E-state index in [9.17, 15) is 32.9 Å². The van der Waals surface area contributed by atoms with Crippen molar-refractivity contribution < 1.29 is 27.7 Å². The van der Waals surface area contributed by atoms with Gasteiger partial charge < -0.3 is 10.6 Å². The van der Waals surface area contributed by atoms with Crippen molar-refractivity contribution in [1.29, 1.82) is 0 Å². The van der Waals surface area contributed by atoms with Crippen LogP contribution in [0.1, 0.15) is 54.5 Å². The standard InChI is InChI=1S/C18H22F3N7O4/c1-3-26-8-12(14(24-26)17(30)22-11-6-4-5-7-11)23-13(29)9-27-10(2)15(28(31)32)16(25-27)18(19,20)21/h8,11H,3-7,9H2,1-2H3,(H,22,30)(H,23,29). The van der Waals surface area contributed by atoms with Gasteiger partial charge in [-0.3, -0.25) is 29.1 Å². The van der Waals surface area contributed by atoms with E-state index in [-0.39, 0.29) is 17.4 Å². The molecule has 174 valence electrons. The van der Waals surface area contributed by atoms with Gasteiger partial charge in [-0.05, 0) is 26.7 Å². The molecule has 2 amide bonds. The molecule has 0 spiro atoms. The molecule has 0 atom stereocenters.